The number of methoxy groups -OCH3 is 1. The predicted octanol–water partition coefficient (Wildman–Crippen LogP) is 1.75. The summed E-state index contributed by atoms with van der Waals surface area (Å²) in [5.74, 6) is 3.28. The number of ether oxygens (including phenoxy) is 1. The largest absolute Gasteiger partial charge is 0.384 e. The van der Waals surface area contributed by atoms with Crippen molar-refractivity contribution in [1.29, 1.82) is 0 Å². The Morgan fingerprint density at radius 1 is 1.62 bits per heavy atom. The van der Waals surface area contributed by atoms with Gasteiger partial charge >= 0.3 is 0 Å². The van der Waals surface area contributed by atoms with Gasteiger partial charge < -0.3 is 10.1 Å². The Morgan fingerprint density at radius 2 is 2.46 bits per heavy atom. The Balaban J connectivity index is 2.03. The van der Waals surface area contributed by atoms with Crippen molar-refractivity contribution in [1.82, 2.24) is 5.32 Å². The highest BCUT2D eigenvalue weighted by atomic mass is 32.2. The van der Waals surface area contributed by atoms with Crippen LogP contribution in [0, 0.1) is 5.92 Å². The van der Waals surface area contributed by atoms with Crippen molar-refractivity contribution in [3.63, 3.8) is 0 Å². The van der Waals surface area contributed by atoms with Crippen molar-refractivity contribution in [2.45, 2.75) is 25.8 Å². The first-order valence-corrected chi connectivity index (χ1v) is 6.28. The van der Waals surface area contributed by atoms with Gasteiger partial charge in [0.25, 0.3) is 0 Å². The van der Waals surface area contributed by atoms with Crippen molar-refractivity contribution in [2.24, 2.45) is 5.92 Å². The van der Waals surface area contributed by atoms with Crippen molar-refractivity contribution >= 4 is 11.8 Å². The average Bonchev–Trinajstić information content (AvgIpc) is 2.17. The number of nitrogens with one attached hydrogen (secondary N) is 1. The maximum Gasteiger partial charge on any atom is 0.0499 e. The molecule has 0 aromatic rings. The Labute approximate surface area is 85.8 Å². The van der Waals surface area contributed by atoms with Crippen LogP contribution in [0.1, 0.15) is 19.8 Å². The molecule has 0 bridgehead atoms. The topological polar surface area (TPSA) is 21.3 Å². The summed E-state index contributed by atoms with van der Waals surface area (Å²) < 4.78 is 5.10. The molecule has 1 saturated heterocycles. The lowest BCUT2D eigenvalue weighted by Gasteiger charge is -2.24. The van der Waals surface area contributed by atoms with Crippen LogP contribution in [0.25, 0.3) is 0 Å². The van der Waals surface area contributed by atoms with Gasteiger partial charge in [-0.25, -0.2) is 0 Å². The maximum atomic E-state index is 5.10. The highest BCUT2D eigenvalue weighted by molar-refractivity contribution is 7.99. The fourth-order valence-corrected chi connectivity index (χ4v) is 2.72. The van der Waals surface area contributed by atoms with Crippen LogP contribution in [0.2, 0.25) is 0 Å². The highest BCUT2D eigenvalue weighted by Crippen LogP contribution is 2.16. The molecule has 1 rings (SSSR count). The van der Waals surface area contributed by atoms with Crippen LogP contribution in [0.5, 0.6) is 0 Å². The SMILES string of the molecule is COCC(C)CNC1CCCSC1. The van der Waals surface area contributed by atoms with Gasteiger partial charge in [-0.15, -0.1) is 0 Å². The molecule has 0 spiro atoms. The van der Waals surface area contributed by atoms with Gasteiger partial charge in [0.1, 0.15) is 0 Å². The number of rotatable bonds is 5. The molecule has 0 radical (unpaired) electrons. The van der Waals surface area contributed by atoms with Crippen molar-refractivity contribution < 1.29 is 4.74 Å². The minimum atomic E-state index is 0.636. The van der Waals surface area contributed by atoms with Gasteiger partial charge in [0.05, 0.1) is 0 Å². The summed E-state index contributed by atoms with van der Waals surface area (Å²) in [6.07, 6.45) is 2.73. The molecule has 0 aliphatic carbocycles. The fraction of sp³-hybridized carbons (Fsp3) is 1.00. The van der Waals surface area contributed by atoms with E-state index in [9.17, 15) is 0 Å². The minimum Gasteiger partial charge on any atom is -0.384 e. The van der Waals surface area contributed by atoms with Crippen molar-refractivity contribution in [3.05, 3.63) is 0 Å². The molecule has 1 heterocycles. The normalized spacial score (nSPS) is 25.8. The third-order valence-corrected chi connectivity index (χ3v) is 3.58. The number of hydrogen-bond acceptors (Lipinski definition) is 3. The van der Waals surface area contributed by atoms with E-state index < -0.39 is 0 Å². The zero-order chi connectivity index (χ0) is 9.52. The molecule has 0 aromatic carbocycles. The summed E-state index contributed by atoms with van der Waals surface area (Å²) in [6.45, 7) is 4.19. The van der Waals surface area contributed by atoms with E-state index in [1.807, 2.05) is 0 Å². The quantitative estimate of drug-likeness (QED) is 0.735. The Hall–Kier alpha value is 0.270. The van der Waals surface area contributed by atoms with Crippen LogP contribution in [0.15, 0.2) is 0 Å². The molecule has 13 heavy (non-hydrogen) atoms. The molecule has 3 heteroatoms. The van der Waals surface area contributed by atoms with E-state index in [1.165, 1.54) is 24.3 Å². The summed E-state index contributed by atoms with van der Waals surface area (Å²) in [5, 5.41) is 3.61. The van der Waals surface area contributed by atoms with Crippen LogP contribution in [0.3, 0.4) is 0 Å². The Kier molecular flexibility index (Phi) is 5.83. The van der Waals surface area contributed by atoms with Gasteiger partial charge in [-0.1, -0.05) is 6.92 Å². The van der Waals surface area contributed by atoms with Gasteiger partial charge in [-0.3, -0.25) is 0 Å². The summed E-state index contributed by atoms with van der Waals surface area (Å²) >= 11 is 2.07. The summed E-state index contributed by atoms with van der Waals surface area (Å²) in [7, 11) is 1.77. The van der Waals surface area contributed by atoms with Crippen LogP contribution >= 0.6 is 11.8 Å². The molecule has 1 N–H and O–H groups in total. The van der Waals surface area contributed by atoms with Gasteiger partial charge in [-0.05, 0) is 24.5 Å². The van der Waals surface area contributed by atoms with Crippen molar-refractivity contribution in [2.75, 3.05) is 31.8 Å². The van der Waals surface area contributed by atoms with Gasteiger partial charge in [0.15, 0.2) is 0 Å². The molecule has 0 aromatic heterocycles. The second kappa shape index (κ2) is 6.68. The van der Waals surface area contributed by atoms with Crippen molar-refractivity contribution in [3.8, 4) is 0 Å². The third-order valence-electron chi connectivity index (χ3n) is 2.37. The summed E-state index contributed by atoms with van der Waals surface area (Å²) in [6, 6.07) is 0.748. The first-order valence-electron chi connectivity index (χ1n) is 5.13. The monoisotopic (exact) mass is 203 g/mol. The molecular weight excluding hydrogens is 182 g/mol. The second-order valence-corrected chi connectivity index (χ2v) is 5.03. The number of hydrogen-bond donors (Lipinski definition) is 1. The Morgan fingerprint density at radius 3 is 3.08 bits per heavy atom. The fourth-order valence-electron chi connectivity index (χ4n) is 1.61. The summed E-state index contributed by atoms with van der Waals surface area (Å²) in [5.41, 5.74) is 0. The predicted molar refractivity (Wildman–Crippen MR) is 59.4 cm³/mol. The number of thioether (sulfide) groups is 1. The standard InChI is InChI=1S/C10H21NOS/c1-9(7-12-2)6-11-10-4-3-5-13-8-10/h9-11H,3-8H2,1-2H3. The molecule has 1 aliphatic heterocycles. The van der Waals surface area contributed by atoms with E-state index in [-0.39, 0.29) is 0 Å². The molecule has 1 fully saturated rings. The van der Waals surface area contributed by atoms with E-state index in [0.29, 0.717) is 5.92 Å². The lowest BCUT2D eigenvalue weighted by molar-refractivity contribution is 0.157. The van der Waals surface area contributed by atoms with Crippen LogP contribution in [-0.4, -0.2) is 37.8 Å². The van der Waals surface area contributed by atoms with Gasteiger partial charge in [-0.2, -0.15) is 11.8 Å². The molecule has 0 amide bonds. The molecule has 1 aliphatic rings. The van der Waals surface area contributed by atoms with Gasteiger partial charge in [0, 0.05) is 32.1 Å². The smallest absolute Gasteiger partial charge is 0.0499 e. The highest BCUT2D eigenvalue weighted by Gasteiger charge is 2.13. The maximum absolute atomic E-state index is 5.10. The molecule has 2 unspecified atom stereocenters. The first-order chi connectivity index (χ1) is 6.33. The van der Waals surface area contributed by atoms with E-state index in [4.69, 9.17) is 4.74 Å². The lowest BCUT2D eigenvalue weighted by atomic mass is 10.1. The third kappa shape index (κ3) is 4.89. The van der Waals surface area contributed by atoms with Crippen LogP contribution in [0.4, 0.5) is 0 Å². The molecule has 0 saturated carbocycles. The molecule has 78 valence electrons. The lowest BCUT2D eigenvalue weighted by Crippen LogP contribution is -2.37. The average molecular weight is 203 g/mol. The first kappa shape index (κ1) is 11.3. The van der Waals surface area contributed by atoms with Crippen LogP contribution in [-0.2, 0) is 4.74 Å². The minimum absolute atomic E-state index is 0.636. The summed E-state index contributed by atoms with van der Waals surface area (Å²) in [4.78, 5) is 0. The van der Waals surface area contributed by atoms with E-state index >= 15 is 0 Å². The zero-order valence-electron chi connectivity index (χ0n) is 8.71. The molecule has 2 atom stereocenters. The van der Waals surface area contributed by atoms with Gasteiger partial charge in [0.2, 0.25) is 0 Å². The zero-order valence-corrected chi connectivity index (χ0v) is 9.53. The van der Waals surface area contributed by atoms with E-state index in [0.717, 1.165) is 19.2 Å². The van der Waals surface area contributed by atoms with Crippen LogP contribution < -0.4 is 5.32 Å². The molecular formula is C10H21NOS. The second-order valence-electron chi connectivity index (χ2n) is 3.88. The Bertz CT molecular complexity index is 126. The van der Waals surface area contributed by atoms with E-state index in [2.05, 4.69) is 24.0 Å². The van der Waals surface area contributed by atoms with E-state index in [1.54, 1.807) is 7.11 Å². The molecule has 2 nitrogen and oxygen atoms in total.